The minimum Gasteiger partial charge on any atom is -0.346 e. The van der Waals surface area contributed by atoms with E-state index >= 15 is 4.39 Å². The molecule has 2 aromatic heterocycles. The molecule has 1 aliphatic heterocycles. The molecule has 2 aromatic carbocycles. The van der Waals surface area contributed by atoms with Gasteiger partial charge in [0, 0.05) is 25.4 Å². The van der Waals surface area contributed by atoms with Gasteiger partial charge in [0.05, 0.1) is 22.9 Å². The average Bonchev–Trinajstić information content (AvgIpc) is 3.51. The Balaban J connectivity index is 1.27. The predicted octanol–water partition coefficient (Wildman–Crippen LogP) is 2.40. The van der Waals surface area contributed by atoms with Crippen molar-refractivity contribution in [2.75, 3.05) is 13.1 Å². The van der Waals surface area contributed by atoms with Crippen molar-refractivity contribution in [3.8, 4) is 16.8 Å². The summed E-state index contributed by atoms with van der Waals surface area (Å²) in [6, 6.07) is 9.79. The smallest absolute Gasteiger partial charge is 0.346 e. The zero-order valence-electron chi connectivity index (χ0n) is 18.8. The van der Waals surface area contributed by atoms with Crippen molar-refractivity contribution < 1.29 is 9.18 Å². The van der Waals surface area contributed by atoms with E-state index in [1.807, 2.05) is 4.90 Å². The van der Waals surface area contributed by atoms with Crippen LogP contribution in [0.2, 0.25) is 0 Å². The Morgan fingerprint density at radius 2 is 1.89 bits per heavy atom. The number of nitrogens with zero attached hydrogens (tertiary/aromatic N) is 4. The number of halogens is 1. The molecule has 0 radical (unpaired) electrons. The third-order valence-corrected chi connectivity index (χ3v) is 6.91. The molecular formula is C25H23FN6O3. The number of rotatable bonds is 5. The van der Waals surface area contributed by atoms with Gasteiger partial charge in [-0.25, -0.2) is 18.9 Å². The molecule has 1 atom stereocenters. The zero-order valence-corrected chi connectivity index (χ0v) is 18.8. The number of nitrogens with one attached hydrogen (secondary N) is 2. The molecule has 2 N–H and O–H groups in total. The molecule has 178 valence electrons. The molecule has 1 saturated carbocycles. The van der Waals surface area contributed by atoms with Gasteiger partial charge in [0.1, 0.15) is 11.6 Å². The van der Waals surface area contributed by atoms with E-state index in [4.69, 9.17) is 0 Å². The van der Waals surface area contributed by atoms with Crippen LogP contribution in [0.1, 0.15) is 25.1 Å². The number of aromatic amines is 2. The molecule has 4 aromatic rings. The summed E-state index contributed by atoms with van der Waals surface area (Å²) in [5.41, 5.74) is 1.10. The van der Waals surface area contributed by atoms with Gasteiger partial charge in [-0.05, 0) is 60.6 Å². The maximum Gasteiger partial charge on any atom is 0.348 e. The summed E-state index contributed by atoms with van der Waals surface area (Å²) in [5, 5.41) is 7.00. The Morgan fingerprint density at radius 1 is 1.09 bits per heavy atom. The SMILES string of the molecule is O=C(C1CC1)N1CC[C@@H](Cc2n[nH]c(=O)n2-c2ccc(-c3ccc4[nH]cnc(=O)c4c3)cc2F)C1. The molecule has 0 bridgehead atoms. The number of fused-ring (bicyclic) bond motifs is 1. The molecule has 10 heteroatoms. The van der Waals surface area contributed by atoms with Crippen LogP contribution in [-0.2, 0) is 11.2 Å². The highest BCUT2D eigenvalue weighted by Gasteiger charge is 2.37. The van der Waals surface area contributed by atoms with Crippen molar-refractivity contribution in [1.29, 1.82) is 0 Å². The summed E-state index contributed by atoms with van der Waals surface area (Å²) < 4.78 is 16.6. The molecule has 0 spiro atoms. The van der Waals surface area contributed by atoms with E-state index in [2.05, 4.69) is 20.2 Å². The Morgan fingerprint density at radius 3 is 2.69 bits per heavy atom. The van der Waals surface area contributed by atoms with Crippen molar-refractivity contribution in [3.63, 3.8) is 0 Å². The molecule has 1 aliphatic carbocycles. The molecule has 9 nitrogen and oxygen atoms in total. The number of H-pyrrole nitrogens is 2. The number of benzene rings is 2. The van der Waals surface area contributed by atoms with Crippen LogP contribution in [-0.4, -0.2) is 48.6 Å². The van der Waals surface area contributed by atoms with E-state index in [0.29, 0.717) is 47.4 Å². The lowest BCUT2D eigenvalue weighted by molar-refractivity contribution is -0.131. The van der Waals surface area contributed by atoms with Gasteiger partial charge in [0.15, 0.2) is 0 Å². The lowest BCUT2D eigenvalue weighted by atomic mass is 10.0. The molecule has 1 saturated heterocycles. The van der Waals surface area contributed by atoms with Gasteiger partial charge in [0.25, 0.3) is 5.56 Å². The van der Waals surface area contributed by atoms with E-state index in [0.717, 1.165) is 19.3 Å². The van der Waals surface area contributed by atoms with Crippen molar-refractivity contribution in [3.05, 3.63) is 75.2 Å². The van der Waals surface area contributed by atoms with Gasteiger partial charge < -0.3 is 9.88 Å². The first-order chi connectivity index (χ1) is 17.0. The second-order valence-corrected chi connectivity index (χ2v) is 9.33. The van der Waals surface area contributed by atoms with Crippen molar-refractivity contribution in [2.45, 2.75) is 25.7 Å². The van der Waals surface area contributed by atoms with Gasteiger partial charge in [0.2, 0.25) is 5.91 Å². The third-order valence-electron chi connectivity index (χ3n) is 6.91. The van der Waals surface area contributed by atoms with Crippen LogP contribution >= 0.6 is 0 Å². The lowest BCUT2D eigenvalue weighted by Crippen LogP contribution is -2.30. The summed E-state index contributed by atoms with van der Waals surface area (Å²) in [5.74, 6) is 0.431. The number of likely N-dealkylation sites (tertiary alicyclic amines) is 1. The summed E-state index contributed by atoms with van der Waals surface area (Å²) in [6.07, 6.45) is 4.58. The Bertz CT molecular complexity index is 1570. The zero-order chi connectivity index (χ0) is 24.1. The quantitative estimate of drug-likeness (QED) is 0.461. The lowest BCUT2D eigenvalue weighted by Gasteiger charge is -2.16. The monoisotopic (exact) mass is 474 g/mol. The Hall–Kier alpha value is -4.08. The molecule has 0 unspecified atom stereocenters. The molecule has 35 heavy (non-hydrogen) atoms. The maximum atomic E-state index is 15.3. The number of carbonyl (C=O) groups excluding carboxylic acids is 1. The Labute approximate surface area is 198 Å². The molecule has 6 rings (SSSR count). The van der Waals surface area contributed by atoms with Crippen LogP contribution in [0.25, 0.3) is 27.7 Å². The largest absolute Gasteiger partial charge is 0.348 e. The minimum atomic E-state index is -0.579. The van der Waals surface area contributed by atoms with Gasteiger partial charge in [-0.3, -0.25) is 9.59 Å². The summed E-state index contributed by atoms with van der Waals surface area (Å²) >= 11 is 0. The predicted molar refractivity (Wildman–Crippen MR) is 127 cm³/mol. The number of hydrogen-bond donors (Lipinski definition) is 2. The first-order valence-electron chi connectivity index (χ1n) is 11.7. The Kier molecular flexibility index (Phi) is 5.09. The van der Waals surface area contributed by atoms with E-state index < -0.39 is 11.5 Å². The van der Waals surface area contributed by atoms with Crippen LogP contribution in [0.3, 0.4) is 0 Å². The van der Waals surface area contributed by atoms with Gasteiger partial charge in [-0.2, -0.15) is 10.1 Å². The molecular weight excluding hydrogens is 451 g/mol. The van der Waals surface area contributed by atoms with Crippen LogP contribution in [0.4, 0.5) is 4.39 Å². The normalized spacial score (nSPS) is 17.9. The summed E-state index contributed by atoms with van der Waals surface area (Å²) in [7, 11) is 0. The fourth-order valence-corrected chi connectivity index (χ4v) is 4.89. The van der Waals surface area contributed by atoms with Crippen LogP contribution in [0.5, 0.6) is 0 Å². The van der Waals surface area contributed by atoms with E-state index in [1.165, 1.54) is 17.0 Å². The van der Waals surface area contributed by atoms with Crippen LogP contribution in [0, 0.1) is 17.7 Å². The topological polar surface area (TPSA) is 117 Å². The number of carbonyl (C=O) groups is 1. The highest BCUT2D eigenvalue weighted by molar-refractivity contribution is 5.83. The number of hydrogen-bond acceptors (Lipinski definition) is 5. The summed E-state index contributed by atoms with van der Waals surface area (Å²) in [4.78, 5) is 45.5. The van der Waals surface area contributed by atoms with Gasteiger partial charge >= 0.3 is 5.69 Å². The summed E-state index contributed by atoms with van der Waals surface area (Å²) in [6.45, 7) is 1.34. The first kappa shape index (κ1) is 21.5. The molecule has 3 heterocycles. The van der Waals surface area contributed by atoms with E-state index in [1.54, 1.807) is 30.3 Å². The first-order valence-corrected chi connectivity index (χ1v) is 11.7. The van der Waals surface area contributed by atoms with Gasteiger partial charge in [-0.15, -0.1) is 0 Å². The highest BCUT2D eigenvalue weighted by atomic mass is 19.1. The maximum absolute atomic E-state index is 15.3. The van der Waals surface area contributed by atoms with E-state index in [-0.39, 0.29) is 29.0 Å². The van der Waals surface area contributed by atoms with Crippen LogP contribution in [0.15, 0.2) is 52.3 Å². The standard InChI is InChI=1S/C25H23FN6O3/c26-19-11-17(16-3-5-20-18(10-16)23(33)28-13-27-20)4-6-21(19)32-22(29-30-25(32)35)9-14-7-8-31(12-14)24(34)15-1-2-15/h3-6,10-11,13-15H,1-2,7-9,12H2,(H,30,35)(H,27,28,33)/t14-/m0/s1. The minimum absolute atomic E-state index is 0.103. The average molecular weight is 474 g/mol. The fourth-order valence-electron chi connectivity index (χ4n) is 4.89. The molecule has 1 amide bonds. The van der Waals surface area contributed by atoms with E-state index in [9.17, 15) is 14.4 Å². The second-order valence-electron chi connectivity index (χ2n) is 9.33. The highest BCUT2D eigenvalue weighted by Crippen LogP contribution is 2.33. The van der Waals surface area contributed by atoms with Crippen molar-refractivity contribution in [2.24, 2.45) is 11.8 Å². The molecule has 2 fully saturated rings. The third kappa shape index (κ3) is 3.94. The number of amides is 1. The molecule has 2 aliphatic rings. The number of aromatic nitrogens is 5. The van der Waals surface area contributed by atoms with Crippen molar-refractivity contribution in [1.82, 2.24) is 29.6 Å². The second kappa shape index (κ2) is 8.30. The van der Waals surface area contributed by atoms with Gasteiger partial charge in [-0.1, -0.05) is 12.1 Å². The fraction of sp³-hybridized carbons (Fsp3) is 0.320. The van der Waals surface area contributed by atoms with Crippen molar-refractivity contribution >= 4 is 16.8 Å². The van der Waals surface area contributed by atoms with Crippen LogP contribution < -0.4 is 11.2 Å².